The summed E-state index contributed by atoms with van der Waals surface area (Å²) in [5.74, 6) is -1.46. The lowest BCUT2D eigenvalue weighted by Crippen LogP contribution is -2.45. The summed E-state index contributed by atoms with van der Waals surface area (Å²) in [7, 11) is 0. The second-order valence-electron chi connectivity index (χ2n) is 5.14. The molecule has 0 unspecified atom stereocenters. The molecular weight excluding hydrogens is 346 g/mol. The van der Waals surface area contributed by atoms with Crippen LogP contribution < -0.4 is 5.32 Å². The van der Waals surface area contributed by atoms with Gasteiger partial charge in [-0.25, -0.2) is 13.2 Å². The van der Waals surface area contributed by atoms with Gasteiger partial charge in [0.05, 0.1) is 5.56 Å². The summed E-state index contributed by atoms with van der Waals surface area (Å²) >= 11 is 0. The van der Waals surface area contributed by atoms with Crippen molar-refractivity contribution in [2.24, 2.45) is 0 Å². The van der Waals surface area contributed by atoms with Crippen LogP contribution in [0.2, 0.25) is 0 Å². The maximum absolute atomic E-state index is 14.2. The van der Waals surface area contributed by atoms with Crippen LogP contribution in [0.5, 0.6) is 0 Å². The summed E-state index contributed by atoms with van der Waals surface area (Å²) in [6, 6.07) is 1.77. The van der Waals surface area contributed by atoms with Crippen molar-refractivity contribution >= 4 is 12.4 Å². The van der Waals surface area contributed by atoms with Gasteiger partial charge in [0.1, 0.15) is 5.82 Å². The van der Waals surface area contributed by atoms with E-state index in [1.54, 1.807) is 4.90 Å². The first kappa shape index (κ1) is 20.1. The molecule has 1 heterocycles. The number of alkyl halides is 5. The van der Waals surface area contributed by atoms with Crippen LogP contribution in [-0.2, 0) is 6.18 Å². The zero-order valence-corrected chi connectivity index (χ0v) is 12.9. The van der Waals surface area contributed by atoms with Crippen LogP contribution >= 0.6 is 12.4 Å². The summed E-state index contributed by atoms with van der Waals surface area (Å²) in [6.07, 6.45) is -8.27. The van der Waals surface area contributed by atoms with Crippen molar-refractivity contribution in [3.8, 4) is 0 Å². The monoisotopic (exact) mass is 362 g/mol. The molecule has 1 fully saturated rings. The molecule has 1 saturated heterocycles. The Hall–Kier alpha value is -0.990. The Morgan fingerprint density at radius 2 is 1.74 bits per heavy atom. The number of halogens is 7. The van der Waals surface area contributed by atoms with Gasteiger partial charge in [0.15, 0.2) is 0 Å². The SMILES string of the molecule is Cl.Fc1c([C@@H](CC(F)F)N2CCNCC2)cccc1C(F)(F)F. The number of nitrogens with zero attached hydrogens (tertiary/aromatic N) is 1. The Kier molecular flexibility index (Phi) is 7.16. The Morgan fingerprint density at radius 3 is 2.26 bits per heavy atom. The van der Waals surface area contributed by atoms with E-state index in [1.807, 2.05) is 0 Å². The minimum absolute atomic E-state index is 0. The summed E-state index contributed by atoms with van der Waals surface area (Å²) in [6.45, 7) is 1.82. The van der Waals surface area contributed by atoms with E-state index < -0.39 is 36.4 Å². The van der Waals surface area contributed by atoms with Crippen molar-refractivity contribution in [2.75, 3.05) is 26.2 Å². The van der Waals surface area contributed by atoms with Crippen LogP contribution in [0.1, 0.15) is 23.6 Å². The Labute approximate surface area is 136 Å². The second-order valence-corrected chi connectivity index (χ2v) is 5.14. The third kappa shape index (κ3) is 4.99. The van der Waals surface area contributed by atoms with Gasteiger partial charge < -0.3 is 5.32 Å². The largest absolute Gasteiger partial charge is 0.419 e. The highest BCUT2D eigenvalue weighted by atomic mass is 35.5. The lowest BCUT2D eigenvalue weighted by molar-refractivity contribution is -0.140. The van der Waals surface area contributed by atoms with Crippen LogP contribution in [0.4, 0.5) is 26.3 Å². The first-order valence-corrected chi connectivity index (χ1v) is 6.89. The van der Waals surface area contributed by atoms with Crippen LogP contribution in [0.15, 0.2) is 18.2 Å². The summed E-state index contributed by atoms with van der Waals surface area (Å²) in [5.41, 5.74) is -1.74. The molecule has 9 heteroatoms. The number of hydrogen-bond donors (Lipinski definition) is 1. The topological polar surface area (TPSA) is 15.3 Å². The van der Waals surface area contributed by atoms with Gasteiger partial charge >= 0.3 is 6.18 Å². The standard InChI is InChI=1S/C14H16F6N2.ClH/c15-12(16)8-11(22-6-4-21-5-7-22)9-2-1-3-10(13(9)17)14(18,19)20;/h1-3,11-12,21H,4-8H2;1H/t11-;/m1./s1. The van der Waals surface area contributed by atoms with Crippen molar-refractivity contribution in [2.45, 2.75) is 25.1 Å². The number of benzene rings is 1. The fourth-order valence-electron chi connectivity index (χ4n) is 2.66. The highest BCUT2D eigenvalue weighted by Gasteiger charge is 2.37. The average molecular weight is 363 g/mol. The molecular formula is C14H17ClF6N2. The molecule has 132 valence electrons. The smallest absolute Gasteiger partial charge is 0.314 e. The minimum Gasteiger partial charge on any atom is -0.314 e. The predicted molar refractivity (Wildman–Crippen MR) is 76.5 cm³/mol. The molecule has 2 nitrogen and oxygen atoms in total. The Balaban J connectivity index is 0.00000264. The second kappa shape index (κ2) is 8.21. The summed E-state index contributed by atoms with van der Waals surface area (Å²) < 4.78 is 78.2. The van der Waals surface area contributed by atoms with Crippen LogP contribution in [0.25, 0.3) is 0 Å². The minimum atomic E-state index is -4.85. The van der Waals surface area contributed by atoms with Gasteiger partial charge in [-0.15, -0.1) is 12.4 Å². The third-order valence-corrected chi connectivity index (χ3v) is 3.69. The molecule has 0 bridgehead atoms. The highest BCUT2D eigenvalue weighted by Crippen LogP contribution is 2.36. The number of nitrogens with one attached hydrogen (secondary N) is 1. The van der Waals surface area contributed by atoms with Gasteiger partial charge in [-0.3, -0.25) is 4.90 Å². The molecule has 1 N–H and O–H groups in total. The van der Waals surface area contributed by atoms with E-state index in [0.717, 1.165) is 12.1 Å². The van der Waals surface area contributed by atoms with E-state index >= 15 is 0 Å². The summed E-state index contributed by atoms with van der Waals surface area (Å²) in [5, 5.41) is 3.02. The molecule has 0 saturated carbocycles. The first-order valence-electron chi connectivity index (χ1n) is 6.89. The first-order chi connectivity index (χ1) is 10.3. The van der Waals surface area contributed by atoms with Crippen molar-refractivity contribution in [1.29, 1.82) is 0 Å². The highest BCUT2D eigenvalue weighted by molar-refractivity contribution is 5.85. The van der Waals surface area contributed by atoms with Gasteiger partial charge in [-0.2, -0.15) is 13.2 Å². The van der Waals surface area contributed by atoms with Crippen LogP contribution in [0.3, 0.4) is 0 Å². The normalized spacial score (nSPS) is 17.9. The van der Waals surface area contributed by atoms with E-state index in [0.29, 0.717) is 32.2 Å². The van der Waals surface area contributed by atoms with Crippen molar-refractivity contribution in [3.05, 3.63) is 35.1 Å². The average Bonchev–Trinajstić information content (AvgIpc) is 2.45. The quantitative estimate of drug-likeness (QED) is 0.818. The predicted octanol–water partition coefficient (Wildman–Crippen LogP) is 3.87. The third-order valence-electron chi connectivity index (χ3n) is 3.69. The molecule has 2 rings (SSSR count). The van der Waals surface area contributed by atoms with Gasteiger partial charge in [-0.05, 0) is 6.07 Å². The fourth-order valence-corrected chi connectivity index (χ4v) is 2.66. The van der Waals surface area contributed by atoms with E-state index in [2.05, 4.69) is 5.32 Å². The zero-order valence-electron chi connectivity index (χ0n) is 12.0. The lowest BCUT2D eigenvalue weighted by atomic mass is 9.98. The molecule has 1 aliphatic rings. The van der Waals surface area contributed by atoms with Crippen LogP contribution in [-0.4, -0.2) is 37.5 Å². The molecule has 0 spiro atoms. The molecule has 0 aliphatic carbocycles. The molecule has 0 radical (unpaired) electrons. The molecule has 1 aromatic carbocycles. The molecule has 1 atom stereocenters. The molecule has 0 aromatic heterocycles. The van der Waals surface area contributed by atoms with Gasteiger partial charge in [0, 0.05) is 44.2 Å². The molecule has 1 aliphatic heterocycles. The lowest BCUT2D eigenvalue weighted by Gasteiger charge is -2.35. The van der Waals surface area contributed by atoms with Crippen molar-refractivity contribution in [1.82, 2.24) is 10.2 Å². The van der Waals surface area contributed by atoms with Crippen molar-refractivity contribution in [3.63, 3.8) is 0 Å². The Morgan fingerprint density at radius 1 is 1.13 bits per heavy atom. The van der Waals surface area contributed by atoms with Gasteiger partial charge in [0.25, 0.3) is 0 Å². The van der Waals surface area contributed by atoms with Gasteiger partial charge in [0.2, 0.25) is 6.43 Å². The molecule has 23 heavy (non-hydrogen) atoms. The molecule has 1 aromatic rings. The number of rotatable bonds is 4. The number of hydrogen-bond acceptors (Lipinski definition) is 2. The van der Waals surface area contributed by atoms with E-state index in [-0.39, 0.29) is 18.0 Å². The zero-order chi connectivity index (χ0) is 16.3. The van der Waals surface area contributed by atoms with E-state index in [1.165, 1.54) is 0 Å². The molecule has 0 amide bonds. The summed E-state index contributed by atoms with van der Waals surface area (Å²) in [4.78, 5) is 1.60. The van der Waals surface area contributed by atoms with E-state index in [9.17, 15) is 26.3 Å². The van der Waals surface area contributed by atoms with E-state index in [4.69, 9.17) is 0 Å². The van der Waals surface area contributed by atoms with Crippen molar-refractivity contribution < 1.29 is 26.3 Å². The van der Waals surface area contributed by atoms with Crippen LogP contribution in [0, 0.1) is 5.82 Å². The number of piperazine rings is 1. The maximum Gasteiger partial charge on any atom is 0.419 e. The van der Waals surface area contributed by atoms with Gasteiger partial charge in [-0.1, -0.05) is 12.1 Å². The Bertz CT molecular complexity index is 503. The maximum atomic E-state index is 14.2. The fraction of sp³-hybridized carbons (Fsp3) is 0.571.